The van der Waals surface area contributed by atoms with Crippen molar-refractivity contribution >= 4 is 5.97 Å². The van der Waals surface area contributed by atoms with Crippen LogP contribution in [0.3, 0.4) is 0 Å². The molecule has 1 aliphatic rings. The average molecular weight is 325 g/mol. The summed E-state index contributed by atoms with van der Waals surface area (Å²) in [4.78, 5) is 13.5. The molecule has 1 saturated heterocycles. The van der Waals surface area contributed by atoms with Gasteiger partial charge in [-0.25, -0.2) is 4.79 Å². The van der Waals surface area contributed by atoms with Crippen molar-refractivity contribution < 1.29 is 14.6 Å². The summed E-state index contributed by atoms with van der Waals surface area (Å²) in [6, 6.07) is 21.0. The quantitative estimate of drug-likeness (QED) is 0.885. The average Bonchev–Trinajstić information content (AvgIpc) is 2.63. The zero-order chi connectivity index (χ0) is 16.8. The first-order chi connectivity index (χ1) is 11.7. The van der Waals surface area contributed by atoms with E-state index in [1.165, 1.54) is 11.1 Å². The summed E-state index contributed by atoms with van der Waals surface area (Å²) >= 11 is 0. The van der Waals surface area contributed by atoms with Gasteiger partial charge >= 0.3 is 5.97 Å². The molecule has 1 aliphatic heterocycles. The van der Waals surface area contributed by atoms with E-state index in [-0.39, 0.29) is 6.04 Å². The third kappa shape index (κ3) is 4.43. The van der Waals surface area contributed by atoms with Gasteiger partial charge in [0, 0.05) is 19.1 Å². The van der Waals surface area contributed by atoms with E-state index < -0.39 is 12.1 Å². The summed E-state index contributed by atoms with van der Waals surface area (Å²) in [5.41, 5.74) is 2.52. The molecule has 2 aromatic rings. The summed E-state index contributed by atoms with van der Waals surface area (Å²) in [5, 5.41) is 9.09. The van der Waals surface area contributed by atoms with Crippen LogP contribution in [0, 0.1) is 0 Å². The number of carbonyl (C=O) groups is 1. The number of hydrogen-bond acceptors (Lipinski definition) is 3. The zero-order valence-electron chi connectivity index (χ0n) is 13.7. The molecule has 0 saturated carbocycles. The standard InChI is InChI=1S/C20H23NO3/c22-20(23)19-12-11-18(15-24-19)21(13-16-7-3-1-4-8-16)14-17-9-5-2-6-10-17/h1-10,18-19H,11-15H2,(H,22,23)/t18-,19+/m1/s1. The summed E-state index contributed by atoms with van der Waals surface area (Å²) in [5.74, 6) is -0.855. The highest BCUT2D eigenvalue weighted by molar-refractivity contribution is 5.72. The summed E-state index contributed by atoms with van der Waals surface area (Å²) in [7, 11) is 0. The first-order valence-corrected chi connectivity index (χ1v) is 8.38. The van der Waals surface area contributed by atoms with Crippen molar-refractivity contribution in [2.24, 2.45) is 0 Å². The molecule has 1 heterocycles. The van der Waals surface area contributed by atoms with Gasteiger partial charge in [0.25, 0.3) is 0 Å². The maximum absolute atomic E-state index is 11.1. The van der Waals surface area contributed by atoms with Gasteiger partial charge in [-0.3, -0.25) is 4.90 Å². The van der Waals surface area contributed by atoms with Crippen LogP contribution in [0.4, 0.5) is 0 Å². The smallest absolute Gasteiger partial charge is 0.332 e. The third-order valence-corrected chi connectivity index (χ3v) is 4.50. The van der Waals surface area contributed by atoms with Crippen molar-refractivity contribution in [2.75, 3.05) is 6.61 Å². The van der Waals surface area contributed by atoms with Crippen LogP contribution in [0.15, 0.2) is 60.7 Å². The Bertz CT molecular complexity index is 595. The van der Waals surface area contributed by atoms with Crippen LogP contribution in [0.25, 0.3) is 0 Å². The van der Waals surface area contributed by atoms with Gasteiger partial charge in [-0.1, -0.05) is 60.7 Å². The van der Waals surface area contributed by atoms with E-state index in [2.05, 4.69) is 29.2 Å². The van der Waals surface area contributed by atoms with Crippen LogP contribution in [0.2, 0.25) is 0 Å². The van der Waals surface area contributed by atoms with E-state index in [1.807, 2.05) is 36.4 Å². The molecular weight excluding hydrogens is 302 g/mol. The van der Waals surface area contributed by atoms with E-state index in [0.717, 1.165) is 19.5 Å². The molecule has 0 aliphatic carbocycles. The summed E-state index contributed by atoms with van der Waals surface area (Å²) in [6.07, 6.45) is 0.757. The van der Waals surface area contributed by atoms with Crippen molar-refractivity contribution in [2.45, 2.75) is 38.1 Å². The van der Waals surface area contributed by atoms with Crippen molar-refractivity contribution in [3.63, 3.8) is 0 Å². The SMILES string of the molecule is O=C(O)[C@@H]1CC[C@@H](N(Cc2ccccc2)Cc2ccccc2)CO1. The van der Waals surface area contributed by atoms with E-state index in [0.29, 0.717) is 13.0 Å². The van der Waals surface area contributed by atoms with Crippen LogP contribution < -0.4 is 0 Å². The van der Waals surface area contributed by atoms with Crippen molar-refractivity contribution in [1.82, 2.24) is 4.90 Å². The normalized spacial score (nSPS) is 20.9. The van der Waals surface area contributed by atoms with E-state index in [1.54, 1.807) is 0 Å². The second-order valence-electron chi connectivity index (χ2n) is 6.27. The monoisotopic (exact) mass is 325 g/mol. The number of benzene rings is 2. The van der Waals surface area contributed by atoms with Crippen molar-refractivity contribution in [1.29, 1.82) is 0 Å². The van der Waals surface area contributed by atoms with Gasteiger partial charge in [-0.05, 0) is 24.0 Å². The molecule has 0 bridgehead atoms. The van der Waals surface area contributed by atoms with Crippen LogP contribution >= 0.6 is 0 Å². The largest absolute Gasteiger partial charge is 0.479 e. The minimum atomic E-state index is -0.855. The Kier molecular flexibility index (Phi) is 5.62. The molecule has 0 unspecified atom stereocenters. The highest BCUT2D eigenvalue weighted by Crippen LogP contribution is 2.22. The Hall–Kier alpha value is -2.17. The number of nitrogens with zero attached hydrogens (tertiary/aromatic N) is 1. The molecule has 0 aromatic heterocycles. The number of carboxylic acid groups (broad SMARTS) is 1. The Morgan fingerprint density at radius 1 is 0.958 bits per heavy atom. The van der Waals surface area contributed by atoms with Crippen LogP contribution in [-0.2, 0) is 22.6 Å². The molecule has 1 N–H and O–H groups in total. The predicted octanol–water partition coefficient (Wildman–Crippen LogP) is 3.32. The third-order valence-electron chi connectivity index (χ3n) is 4.50. The van der Waals surface area contributed by atoms with Crippen LogP contribution in [-0.4, -0.2) is 34.7 Å². The Labute approximate surface area is 142 Å². The Morgan fingerprint density at radius 3 is 1.92 bits per heavy atom. The number of hydrogen-bond donors (Lipinski definition) is 1. The van der Waals surface area contributed by atoms with Crippen LogP contribution in [0.5, 0.6) is 0 Å². The lowest BCUT2D eigenvalue weighted by atomic mass is 10.0. The fraction of sp³-hybridized carbons (Fsp3) is 0.350. The molecular formula is C20H23NO3. The molecule has 2 aromatic carbocycles. The highest BCUT2D eigenvalue weighted by Gasteiger charge is 2.30. The zero-order valence-corrected chi connectivity index (χ0v) is 13.7. The van der Waals surface area contributed by atoms with Gasteiger partial charge < -0.3 is 9.84 Å². The van der Waals surface area contributed by atoms with Gasteiger partial charge in [-0.15, -0.1) is 0 Å². The second-order valence-corrected chi connectivity index (χ2v) is 6.27. The topological polar surface area (TPSA) is 49.8 Å². The van der Waals surface area contributed by atoms with Crippen molar-refractivity contribution in [3.05, 3.63) is 71.8 Å². The lowest BCUT2D eigenvalue weighted by Gasteiger charge is -2.36. The number of ether oxygens (including phenoxy) is 1. The first-order valence-electron chi connectivity index (χ1n) is 8.38. The molecule has 2 atom stereocenters. The Balaban J connectivity index is 1.71. The fourth-order valence-corrected chi connectivity index (χ4v) is 3.17. The van der Waals surface area contributed by atoms with Crippen LogP contribution in [0.1, 0.15) is 24.0 Å². The second kappa shape index (κ2) is 8.08. The lowest BCUT2D eigenvalue weighted by molar-refractivity contribution is -0.156. The lowest BCUT2D eigenvalue weighted by Crippen LogP contribution is -2.44. The van der Waals surface area contributed by atoms with E-state index in [4.69, 9.17) is 9.84 Å². The highest BCUT2D eigenvalue weighted by atomic mass is 16.5. The molecule has 0 spiro atoms. The maximum atomic E-state index is 11.1. The molecule has 4 heteroatoms. The molecule has 0 amide bonds. The van der Waals surface area contributed by atoms with Gasteiger partial charge in [0.05, 0.1) is 6.61 Å². The molecule has 0 radical (unpaired) electrons. The molecule has 1 fully saturated rings. The van der Waals surface area contributed by atoms with Crippen molar-refractivity contribution in [3.8, 4) is 0 Å². The number of aliphatic carboxylic acids is 1. The minimum absolute atomic E-state index is 0.237. The summed E-state index contributed by atoms with van der Waals surface area (Å²) < 4.78 is 5.57. The molecule has 3 rings (SSSR count). The fourth-order valence-electron chi connectivity index (χ4n) is 3.17. The number of rotatable bonds is 6. The first kappa shape index (κ1) is 16.7. The van der Waals surface area contributed by atoms with Gasteiger partial charge in [0.15, 0.2) is 6.10 Å². The van der Waals surface area contributed by atoms with Gasteiger partial charge in [0.1, 0.15) is 0 Å². The molecule has 4 nitrogen and oxygen atoms in total. The minimum Gasteiger partial charge on any atom is -0.479 e. The molecule has 126 valence electrons. The summed E-state index contributed by atoms with van der Waals surface area (Å²) in [6.45, 7) is 2.14. The Morgan fingerprint density at radius 2 is 1.50 bits per heavy atom. The molecule has 24 heavy (non-hydrogen) atoms. The van der Waals surface area contributed by atoms with E-state index in [9.17, 15) is 4.79 Å². The predicted molar refractivity (Wildman–Crippen MR) is 92.5 cm³/mol. The van der Waals surface area contributed by atoms with E-state index >= 15 is 0 Å². The maximum Gasteiger partial charge on any atom is 0.332 e. The van der Waals surface area contributed by atoms with Gasteiger partial charge in [0.2, 0.25) is 0 Å². The number of carboxylic acids is 1. The van der Waals surface area contributed by atoms with Gasteiger partial charge in [-0.2, -0.15) is 0 Å².